The molecule has 28 heavy (non-hydrogen) atoms. The number of halogens is 5. The van der Waals surface area contributed by atoms with Crippen molar-refractivity contribution >= 4 is 17.8 Å². The minimum Gasteiger partial charge on any atom is -0.278 e. The molecule has 0 aliphatic rings. The van der Waals surface area contributed by atoms with E-state index in [9.17, 15) is 26.7 Å². The summed E-state index contributed by atoms with van der Waals surface area (Å²) in [6, 6.07) is 7.95. The number of carbonyl (C=O) groups excluding carboxylic acids is 1. The smallest absolute Gasteiger partial charge is 0.278 e. The summed E-state index contributed by atoms with van der Waals surface area (Å²) < 4.78 is 69.4. The van der Waals surface area contributed by atoms with Gasteiger partial charge in [0.15, 0.2) is 11.5 Å². The Morgan fingerprint density at radius 3 is 2.32 bits per heavy atom. The Balaban J connectivity index is 2.28. The highest BCUT2D eigenvalue weighted by Crippen LogP contribution is 2.42. The molecule has 0 aliphatic heterocycles. The number of aromatic nitrogens is 2. The summed E-state index contributed by atoms with van der Waals surface area (Å²) in [6.07, 6.45) is -3.89. The van der Waals surface area contributed by atoms with Crippen LogP contribution in [0.25, 0.3) is 11.1 Å². The summed E-state index contributed by atoms with van der Waals surface area (Å²) in [6.45, 7) is 1.81. The van der Waals surface area contributed by atoms with E-state index in [1.54, 1.807) is 31.2 Å². The van der Waals surface area contributed by atoms with E-state index in [0.29, 0.717) is 16.5 Å². The number of hydrogen-bond donors (Lipinski definition) is 0. The summed E-state index contributed by atoms with van der Waals surface area (Å²) in [5, 5.41) is 3.33. The van der Waals surface area contributed by atoms with E-state index >= 15 is 0 Å². The third kappa shape index (κ3) is 3.60. The highest BCUT2D eigenvalue weighted by Gasteiger charge is 2.39. The van der Waals surface area contributed by atoms with Crippen molar-refractivity contribution in [1.82, 2.24) is 9.78 Å². The van der Waals surface area contributed by atoms with Crippen LogP contribution in [-0.4, -0.2) is 16.2 Å². The van der Waals surface area contributed by atoms with Gasteiger partial charge in [-0.2, -0.15) is 18.3 Å². The maximum Gasteiger partial charge on any atom is 0.437 e. The van der Waals surface area contributed by atoms with Crippen LogP contribution in [0.15, 0.2) is 42.6 Å². The Kier molecular flexibility index (Phi) is 4.93. The van der Waals surface area contributed by atoms with Crippen LogP contribution in [0.1, 0.15) is 11.3 Å². The van der Waals surface area contributed by atoms with Gasteiger partial charge in [-0.05, 0) is 18.6 Å². The predicted octanol–water partition coefficient (Wildman–Crippen LogP) is 4.99. The zero-order chi connectivity index (χ0) is 20.6. The molecule has 0 aliphatic carbocycles. The van der Waals surface area contributed by atoms with Gasteiger partial charge in [-0.1, -0.05) is 29.8 Å². The Hall–Kier alpha value is -3.23. The van der Waals surface area contributed by atoms with Crippen molar-refractivity contribution in [3.63, 3.8) is 0 Å². The maximum absolute atomic E-state index is 14.7. The van der Waals surface area contributed by atoms with E-state index in [1.165, 1.54) is 7.05 Å². The standard InChI is InChI=1S/C19H14F5N3O/c1-11-3-5-12(6-4-11)14-7-13(20)8-15(21)17(14)27(10-28)16-9-26(2)25-18(16)19(22,23)24/h3-10H,1-2H3. The number of anilines is 2. The molecular formula is C19H14F5N3O. The van der Waals surface area contributed by atoms with Crippen molar-refractivity contribution < 1.29 is 26.7 Å². The average molecular weight is 395 g/mol. The van der Waals surface area contributed by atoms with Gasteiger partial charge < -0.3 is 0 Å². The lowest BCUT2D eigenvalue weighted by Gasteiger charge is -2.22. The summed E-state index contributed by atoms with van der Waals surface area (Å²) in [7, 11) is 1.24. The minimum absolute atomic E-state index is 0.0419. The topological polar surface area (TPSA) is 38.1 Å². The second kappa shape index (κ2) is 7.06. The first-order chi connectivity index (χ1) is 13.1. The van der Waals surface area contributed by atoms with Crippen molar-refractivity contribution in [1.29, 1.82) is 0 Å². The van der Waals surface area contributed by atoms with E-state index in [-0.39, 0.29) is 12.0 Å². The third-order valence-electron chi connectivity index (χ3n) is 4.07. The molecule has 1 amide bonds. The first kappa shape index (κ1) is 19.5. The average Bonchev–Trinajstić information content (AvgIpc) is 3.00. The second-order valence-electron chi connectivity index (χ2n) is 6.16. The fourth-order valence-electron chi connectivity index (χ4n) is 2.85. The normalized spacial score (nSPS) is 11.5. The maximum atomic E-state index is 14.7. The summed E-state index contributed by atoms with van der Waals surface area (Å²) in [5.74, 6) is -2.11. The molecule has 2 aromatic carbocycles. The molecule has 1 heterocycles. The molecule has 0 atom stereocenters. The van der Waals surface area contributed by atoms with Crippen molar-refractivity contribution in [2.45, 2.75) is 13.1 Å². The molecule has 3 rings (SSSR count). The Morgan fingerprint density at radius 1 is 1.11 bits per heavy atom. The van der Waals surface area contributed by atoms with Gasteiger partial charge in [0.1, 0.15) is 5.82 Å². The zero-order valence-electron chi connectivity index (χ0n) is 14.8. The largest absolute Gasteiger partial charge is 0.437 e. The predicted molar refractivity (Wildman–Crippen MR) is 92.9 cm³/mol. The highest BCUT2D eigenvalue weighted by molar-refractivity contribution is 5.94. The highest BCUT2D eigenvalue weighted by atomic mass is 19.4. The molecule has 0 spiro atoms. The monoisotopic (exact) mass is 395 g/mol. The molecule has 1 aromatic heterocycles. The lowest BCUT2D eigenvalue weighted by Crippen LogP contribution is -2.20. The first-order valence-corrected chi connectivity index (χ1v) is 8.03. The van der Waals surface area contributed by atoms with Crippen molar-refractivity contribution in [3.05, 3.63) is 65.5 Å². The molecule has 0 N–H and O–H groups in total. The molecule has 0 saturated carbocycles. The van der Waals surface area contributed by atoms with Crippen LogP contribution in [0.5, 0.6) is 0 Å². The SMILES string of the molecule is Cc1ccc(-c2cc(F)cc(F)c2N(C=O)c2cn(C)nc2C(F)(F)F)cc1. The van der Waals surface area contributed by atoms with Crippen LogP contribution in [-0.2, 0) is 18.0 Å². The number of aryl methyl sites for hydroxylation is 2. The Labute approximate surface area is 156 Å². The van der Waals surface area contributed by atoms with Crippen molar-refractivity contribution in [3.8, 4) is 11.1 Å². The lowest BCUT2D eigenvalue weighted by atomic mass is 10.0. The quantitative estimate of drug-likeness (QED) is 0.461. The molecule has 0 bridgehead atoms. The van der Waals surface area contributed by atoms with Gasteiger partial charge in [0, 0.05) is 24.9 Å². The van der Waals surface area contributed by atoms with Crippen LogP contribution in [0, 0.1) is 18.6 Å². The van der Waals surface area contributed by atoms with Gasteiger partial charge >= 0.3 is 6.18 Å². The Bertz CT molecular complexity index is 1030. The molecule has 4 nitrogen and oxygen atoms in total. The summed E-state index contributed by atoms with van der Waals surface area (Å²) in [4.78, 5) is 12.2. The third-order valence-corrected chi connectivity index (χ3v) is 4.07. The molecule has 0 fully saturated rings. The Morgan fingerprint density at radius 2 is 1.75 bits per heavy atom. The molecule has 3 aromatic rings. The van der Waals surface area contributed by atoms with Crippen LogP contribution in [0.3, 0.4) is 0 Å². The van der Waals surface area contributed by atoms with Gasteiger partial charge in [0.2, 0.25) is 6.41 Å². The van der Waals surface area contributed by atoms with Crippen LogP contribution < -0.4 is 4.90 Å². The summed E-state index contributed by atoms with van der Waals surface area (Å²) >= 11 is 0. The van der Waals surface area contributed by atoms with E-state index in [1.807, 2.05) is 0 Å². The van der Waals surface area contributed by atoms with Gasteiger partial charge in [-0.15, -0.1) is 0 Å². The van der Waals surface area contributed by atoms with Gasteiger partial charge in [-0.25, -0.2) is 8.78 Å². The van der Waals surface area contributed by atoms with E-state index in [4.69, 9.17) is 0 Å². The molecule has 0 saturated heterocycles. The molecular weight excluding hydrogens is 381 g/mol. The molecule has 9 heteroatoms. The van der Waals surface area contributed by atoms with E-state index in [2.05, 4.69) is 5.10 Å². The fourth-order valence-corrected chi connectivity index (χ4v) is 2.85. The fraction of sp³-hybridized carbons (Fsp3) is 0.158. The molecule has 146 valence electrons. The number of nitrogens with zero attached hydrogens (tertiary/aromatic N) is 3. The number of carbonyl (C=O) groups is 1. The van der Waals surface area contributed by atoms with Gasteiger partial charge in [0.25, 0.3) is 0 Å². The van der Waals surface area contributed by atoms with Gasteiger partial charge in [0.05, 0.1) is 11.4 Å². The summed E-state index contributed by atoms with van der Waals surface area (Å²) in [5.41, 5.74) is -1.38. The number of rotatable bonds is 4. The van der Waals surface area contributed by atoms with Crippen LogP contribution in [0.2, 0.25) is 0 Å². The number of benzene rings is 2. The van der Waals surface area contributed by atoms with Crippen LogP contribution >= 0.6 is 0 Å². The number of amides is 1. The lowest BCUT2D eigenvalue weighted by molar-refractivity contribution is -0.140. The van der Waals surface area contributed by atoms with E-state index < -0.39 is 34.9 Å². The second-order valence-corrected chi connectivity index (χ2v) is 6.16. The van der Waals surface area contributed by atoms with Crippen LogP contribution in [0.4, 0.5) is 33.3 Å². The van der Waals surface area contributed by atoms with Crippen molar-refractivity contribution in [2.24, 2.45) is 7.05 Å². The number of alkyl halides is 3. The first-order valence-electron chi connectivity index (χ1n) is 8.03. The van der Waals surface area contributed by atoms with Gasteiger partial charge in [-0.3, -0.25) is 14.4 Å². The molecule has 0 radical (unpaired) electrons. The zero-order valence-corrected chi connectivity index (χ0v) is 14.8. The molecule has 0 unspecified atom stereocenters. The minimum atomic E-state index is -4.88. The van der Waals surface area contributed by atoms with Crippen molar-refractivity contribution in [2.75, 3.05) is 4.90 Å². The van der Waals surface area contributed by atoms with E-state index in [0.717, 1.165) is 22.5 Å². The number of hydrogen-bond acceptors (Lipinski definition) is 2.